The molecular weight excluding hydrogens is 425 g/mol. The maximum Gasteiger partial charge on any atom is 0.198 e. The molecule has 4 nitrogen and oxygen atoms in total. The lowest BCUT2D eigenvalue weighted by atomic mass is 10.1. The normalized spacial score (nSPS) is 10.7. The zero-order valence-corrected chi connectivity index (χ0v) is 17.8. The van der Waals surface area contributed by atoms with Gasteiger partial charge in [0, 0.05) is 34.6 Å². The van der Waals surface area contributed by atoms with E-state index in [9.17, 15) is 0 Å². The van der Waals surface area contributed by atoms with E-state index in [0.717, 1.165) is 10.3 Å². The van der Waals surface area contributed by atoms with Gasteiger partial charge >= 0.3 is 0 Å². The smallest absolute Gasteiger partial charge is 0.198 e. The van der Waals surface area contributed by atoms with Crippen LogP contribution in [0.2, 0.25) is 0 Å². The fourth-order valence-electron chi connectivity index (χ4n) is 2.23. The predicted molar refractivity (Wildman–Crippen MR) is 119 cm³/mol. The minimum atomic E-state index is 0.767. The van der Waals surface area contributed by atoms with Gasteiger partial charge in [0.1, 0.15) is 0 Å². The molecule has 0 fully saturated rings. The lowest BCUT2D eigenvalue weighted by Gasteiger charge is -2.05. The molecule has 8 heteroatoms. The molecule has 0 saturated carbocycles. The van der Waals surface area contributed by atoms with Crippen LogP contribution in [0.3, 0.4) is 0 Å². The third kappa shape index (κ3) is 5.51. The summed E-state index contributed by atoms with van der Waals surface area (Å²) in [7, 11) is 6.44. The van der Waals surface area contributed by atoms with Gasteiger partial charge in [-0.05, 0) is 90.7 Å². The van der Waals surface area contributed by atoms with Crippen molar-refractivity contribution >= 4 is 43.2 Å². The van der Waals surface area contributed by atoms with E-state index in [0.29, 0.717) is 0 Å². The Bertz CT molecular complexity index is 913. The molecule has 0 radical (unpaired) electrons. The van der Waals surface area contributed by atoms with Crippen LogP contribution in [0.1, 0.15) is 0 Å². The third-order valence-corrected chi connectivity index (χ3v) is 7.92. The molecule has 4 aromatic rings. The van der Waals surface area contributed by atoms with E-state index >= 15 is 0 Å². The van der Waals surface area contributed by atoms with E-state index in [1.165, 1.54) is 20.9 Å². The van der Waals surface area contributed by atoms with Gasteiger partial charge < -0.3 is 0 Å². The second-order valence-corrected chi connectivity index (χ2v) is 9.78. The van der Waals surface area contributed by atoms with Gasteiger partial charge in [-0.3, -0.25) is 0 Å². The Labute approximate surface area is 179 Å². The zero-order valence-electron chi connectivity index (χ0n) is 14.5. The van der Waals surface area contributed by atoms with Crippen LogP contribution in [0, 0.1) is 0 Å². The first kappa shape index (κ1) is 19.3. The predicted octanol–water partition coefficient (Wildman–Crippen LogP) is 6.53. The minimum Gasteiger partial charge on any atom is -0.230 e. The first-order valence-electron chi connectivity index (χ1n) is 8.30. The second kappa shape index (κ2) is 9.97. The number of aromatic nitrogens is 4. The van der Waals surface area contributed by atoms with Crippen LogP contribution in [0.5, 0.6) is 0 Å². The molecule has 0 bridgehead atoms. The summed E-state index contributed by atoms with van der Waals surface area (Å²) in [6.07, 6.45) is 7.03. The van der Waals surface area contributed by atoms with Crippen LogP contribution in [-0.4, -0.2) is 19.9 Å². The van der Waals surface area contributed by atoms with Gasteiger partial charge in [-0.15, -0.1) is 0 Å². The number of rotatable bonds is 7. The highest BCUT2D eigenvalue weighted by molar-refractivity contribution is 8.77. The molecule has 0 unspecified atom stereocenters. The molecule has 0 atom stereocenters. The summed E-state index contributed by atoms with van der Waals surface area (Å²) in [4.78, 5) is 19.2. The second-order valence-electron chi connectivity index (χ2n) is 5.44. The molecule has 28 heavy (non-hydrogen) atoms. The summed E-state index contributed by atoms with van der Waals surface area (Å²) in [5.41, 5.74) is 2.39. The van der Waals surface area contributed by atoms with E-state index in [-0.39, 0.29) is 0 Å². The third-order valence-electron chi connectivity index (χ3n) is 3.55. The average molecular weight is 439 g/mol. The Kier molecular flexibility index (Phi) is 6.88. The van der Waals surface area contributed by atoms with Gasteiger partial charge in [0.2, 0.25) is 0 Å². The highest BCUT2D eigenvalue weighted by Gasteiger charge is 2.03. The van der Waals surface area contributed by atoms with E-state index in [2.05, 4.69) is 68.5 Å². The Morgan fingerprint density at radius 1 is 0.429 bits per heavy atom. The molecule has 0 amide bonds. The first-order valence-corrected chi connectivity index (χ1v) is 12.6. The summed E-state index contributed by atoms with van der Waals surface area (Å²) in [6, 6.07) is 20.7. The summed E-state index contributed by atoms with van der Waals surface area (Å²) < 4.78 is 0. The van der Waals surface area contributed by atoms with Crippen LogP contribution >= 0.6 is 43.2 Å². The van der Waals surface area contributed by atoms with Gasteiger partial charge in [0.25, 0.3) is 0 Å². The fourth-order valence-corrected chi connectivity index (χ4v) is 5.69. The molecule has 4 rings (SSSR count). The van der Waals surface area contributed by atoms with Gasteiger partial charge in [-0.2, -0.15) is 0 Å². The summed E-state index contributed by atoms with van der Waals surface area (Å²) in [5.74, 6) is 0. The van der Waals surface area contributed by atoms with Crippen molar-refractivity contribution in [2.24, 2.45) is 0 Å². The molecule has 0 aliphatic carbocycles. The largest absolute Gasteiger partial charge is 0.230 e. The molecule has 2 heterocycles. The molecule has 138 valence electrons. The molecule has 0 spiro atoms. The summed E-state index contributed by atoms with van der Waals surface area (Å²) in [6.45, 7) is 0. The van der Waals surface area contributed by atoms with Crippen molar-refractivity contribution in [3.63, 3.8) is 0 Å². The average Bonchev–Trinajstić information content (AvgIpc) is 2.78. The Hall–Kier alpha value is -2.00. The summed E-state index contributed by atoms with van der Waals surface area (Å²) in [5, 5.41) is 1.53. The standard InChI is InChI=1S/C20H14N4S4/c1-11-21-19(22-12-1)27-25-17-7-3-15(4-8-17)16-5-9-18(10-6-16)26-28-20-23-13-2-14-24-20/h1-14H. The van der Waals surface area contributed by atoms with Crippen LogP contribution in [-0.2, 0) is 0 Å². The molecule has 2 aromatic carbocycles. The molecule has 0 aliphatic heterocycles. The van der Waals surface area contributed by atoms with Gasteiger partial charge in [0.15, 0.2) is 10.3 Å². The van der Waals surface area contributed by atoms with E-state index < -0.39 is 0 Å². The highest BCUT2D eigenvalue weighted by atomic mass is 33.1. The van der Waals surface area contributed by atoms with Crippen LogP contribution in [0.4, 0.5) is 0 Å². The van der Waals surface area contributed by atoms with Crippen molar-refractivity contribution < 1.29 is 0 Å². The number of hydrogen-bond donors (Lipinski definition) is 0. The molecule has 0 N–H and O–H groups in total. The zero-order chi connectivity index (χ0) is 19.0. The van der Waals surface area contributed by atoms with Crippen molar-refractivity contribution in [1.29, 1.82) is 0 Å². The van der Waals surface area contributed by atoms with Gasteiger partial charge in [-0.1, -0.05) is 24.3 Å². The highest BCUT2D eigenvalue weighted by Crippen LogP contribution is 2.37. The van der Waals surface area contributed by atoms with Crippen LogP contribution in [0.25, 0.3) is 11.1 Å². The quantitative estimate of drug-likeness (QED) is 0.238. The van der Waals surface area contributed by atoms with Crippen LogP contribution in [0.15, 0.2) is 106 Å². The number of nitrogens with zero attached hydrogens (tertiary/aromatic N) is 4. The van der Waals surface area contributed by atoms with Gasteiger partial charge in [-0.25, -0.2) is 19.9 Å². The molecule has 2 aromatic heterocycles. The summed E-state index contributed by atoms with van der Waals surface area (Å²) >= 11 is 0. The fraction of sp³-hybridized carbons (Fsp3) is 0. The van der Waals surface area contributed by atoms with E-state index in [4.69, 9.17) is 0 Å². The Morgan fingerprint density at radius 2 is 0.786 bits per heavy atom. The van der Waals surface area contributed by atoms with Crippen molar-refractivity contribution in [1.82, 2.24) is 19.9 Å². The van der Waals surface area contributed by atoms with Gasteiger partial charge in [0.05, 0.1) is 0 Å². The monoisotopic (exact) mass is 438 g/mol. The molecular formula is C20H14N4S4. The molecule has 0 aliphatic rings. The van der Waals surface area contributed by atoms with Crippen molar-refractivity contribution in [3.05, 3.63) is 85.5 Å². The van der Waals surface area contributed by atoms with E-state index in [1.54, 1.807) is 68.0 Å². The number of benzene rings is 2. The maximum absolute atomic E-state index is 4.22. The molecule has 0 saturated heterocycles. The van der Waals surface area contributed by atoms with E-state index in [1.807, 2.05) is 12.1 Å². The minimum absolute atomic E-state index is 0.767. The topological polar surface area (TPSA) is 51.6 Å². The van der Waals surface area contributed by atoms with Crippen LogP contribution < -0.4 is 0 Å². The maximum atomic E-state index is 4.22. The lowest BCUT2D eigenvalue weighted by molar-refractivity contribution is 0.973. The van der Waals surface area contributed by atoms with Crippen molar-refractivity contribution in [3.8, 4) is 11.1 Å². The van der Waals surface area contributed by atoms with Crippen molar-refractivity contribution in [2.75, 3.05) is 0 Å². The first-order chi connectivity index (χ1) is 13.9. The van der Waals surface area contributed by atoms with Crippen molar-refractivity contribution in [2.45, 2.75) is 20.1 Å². The SMILES string of the molecule is c1cnc(SSc2ccc(-c3ccc(SSc4ncccn4)cc3)cc2)nc1. The lowest BCUT2D eigenvalue weighted by Crippen LogP contribution is -1.81. The number of hydrogen-bond acceptors (Lipinski definition) is 8. The Balaban J connectivity index is 1.34. The Morgan fingerprint density at radius 3 is 1.14 bits per heavy atom.